The third kappa shape index (κ3) is 3.48. The van der Waals surface area contributed by atoms with Crippen molar-refractivity contribution in [3.05, 3.63) is 28.8 Å². The summed E-state index contributed by atoms with van der Waals surface area (Å²) in [6, 6.07) is 4.50. The Morgan fingerprint density at radius 2 is 1.84 bits per heavy atom. The first-order chi connectivity index (χ1) is 9.11. The number of nitrogens with two attached hydrogens (primary N) is 1. The molecule has 0 bridgehead atoms. The molecule has 3 N–H and O–H groups in total. The van der Waals surface area contributed by atoms with E-state index in [1.807, 2.05) is 0 Å². The fourth-order valence-corrected chi connectivity index (χ4v) is 3.13. The molecule has 0 aromatic heterocycles. The van der Waals surface area contributed by atoms with Gasteiger partial charge in [-0.15, -0.1) is 0 Å². The molecule has 0 spiro atoms. The molecule has 1 unspecified atom stereocenters. The van der Waals surface area contributed by atoms with Gasteiger partial charge < -0.3 is 15.8 Å². The van der Waals surface area contributed by atoms with Gasteiger partial charge in [-0.3, -0.25) is 0 Å². The monoisotopic (exact) mass is 262 g/mol. The summed E-state index contributed by atoms with van der Waals surface area (Å²) < 4.78 is 5.41. The highest BCUT2D eigenvalue weighted by Crippen LogP contribution is 2.30. The summed E-state index contributed by atoms with van der Waals surface area (Å²) in [7, 11) is 1.73. The van der Waals surface area contributed by atoms with Gasteiger partial charge in [0.1, 0.15) is 5.75 Å². The zero-order valence-electron chi connectivity index (χ0n) is 12.3. The minimum atomic E-state index is 0.145. The van der Waals surface area contributed by atoms with Crippen molar-refractivity contribution in [2.24, 2.45) is 11.7 Å². The largest absolute Gasteiger partial charge is 0.496 e. The number of aryl methyl sites for hydroxylation is 2. The lowest BCUT2D eigenvalue weighted by Gasteiger charge is -2.26. The quantitative estimate of drug-likeness (QED) is 0.877. The van der Waals surface area contributed by atoms with E-state index in [9.17, 15) is 0 Å². The molecule has 0 amide bonds. The Kier molecular flexibility index (Phi) is 4.83. The summed E-state index contributed by atoms with van der Waals surface area (Å²) in [5.74, 6) is 1.75. The van der Waals surface area contributed by atoms with E-state index in [0.29, 0.717) is 0 Å². The average Bonchev–Trinajstić information content (AvgIpc) is 2.39. The van der Waals surface area contributed by atoms with Crippen molar-refractivity contribution in [3.63, 3.8) is 0 Å². The van der Waals surface area contributed by atoms with Crippen LogP contribution < -0.4 is 15.8 Å². The van der Waals surface area contributed by atoms with Crippen LogP contribution in [0.2, 0.25) is 0 Å². The molecule has 1 heterocycles. The Balaban J connectivity index is 2.08. The van der Waals surface area contributed by atoms with Crippen molar-refractivity contribution in [2.45, 2.75) is 39.2 Å². The van der Waals surface area contributed by atoms with E-state index in [1.54, 1.807) is 7.11 Å². The normalized spacial score (nSPS) is 18.3. The van der Waals surface area contributed by atoms with Crippen LogP contribution in [0.3, 0.4) is 0 Å². The molecule has 0 radical (unpaired) electrons. The van der Waals surface area contributed by atoms with E-state index in [4.69, 9.17) is 10.5 Å². The number of piperidine rings is 1. The van der Waals surface area contributed by atoms with Gasteiger partial charge in [-0.2, -0.15) is 0 Å². The van der Waals surface area contributed by atoms with Gasteiger partial charge in [0.25, 0.3) is 0 Å². The molecule has 0 saturated carbocycles. The van der Waals surface area contributed by atoms with Gasteiger partial charge in [-0.05, 0) is 68.8 Å². The maximum Gasteiger partial charge on any atom is 0.124 e. The first-order valence-corrected chi connectivity index (χ1v) is 7.23. The third-order valence-corrected chi connectivity index (χ3v) is 4.16. The molecule has 1 aliphatic rings. The molecule has 1 saturated heterocycles. The van der Waals surface area contributed by atoms with E-state index in [0.717, 1.165) is 31.2 Å². The lowest BCUT2D eigenvalue weighted by molar-refractivity contribution is 0.332. The standard InChI is InChI=1S/C16H26N2O/c1-11-8-14(9-12(2)16(11)19-3)15(17)10-13-4-6-18-7-5-13/h8-9,13,15,18H,4-7,10,17H2,1-3H3. The molecule has 1 fully saturated rings. The third-order valence-electron chi connectivity index (χ3n) is 4.16. The number of nitrogens with one attached hydrogen (secondary N) is 1. The van der Waals surface area contributed by atoms with Crippen LogP contribution in [0.25, 0.3) is 0 Å². The molecule has 3 heteroatoms. The van der Waals surface area contributed by atoms with E-state index in [-0.39, 0.29) is 6.04 Å². The second-order valence-electron chi connectivity index (χ2n) is 5.72. The molecule has 3 nitrogen and oxygen atoms in total. The maximum atomic E-state index is 6.39. The lowest BCUT2D eigenvalue weighted by Crippen LogP contribution is -2.29. The Hall–Kier alpha value is -1.06. The Labute approximate surface area is 116 Å². The first kappa shape index (κ1) is 14.4. The molecule has 19 heavy (non-hydrogen) atoms. The molecule has 1 aliphatic heterocycles. The minimum Gasteiger partial charge on any atom is -0.496 e. The zero-order chi connectivity index (χ0) is 13.8. The van der Waals surface area contributed by atoms with E-state index in [2.05, 4.69) is 31.3 Å². The lowest BCUT2D eigenvalue weighted by atomic mass is 9.88. The van der Waals surface area contributed by atoms with Crippen LogP contribution in [0.1, 0.15) is 42.0 Å². The fourth-order valence-electron chi connectivity index (χ4n) is 3.13. The summed E-state index contributed by atoms with van der Waals surface area (Å²) in [5.41, 5.74) is 10.00. The van der Waals surface area contributed by atoms with Crippen molar-refractivity contribution in [3.8, 4) is 5.75 Å². The van der Waals surface area contributed by atoms with Crippen molar-refractivity contribution < 1.29 is 4.74 Å². The molecular weight excluding hydrogens is 236 g/mol. The smallest absolute Gasteiger partial charge is 0.124 e. The van der Waals surface area contributed by atoms with Crippen molar-refractivity contribution >= 4 is 0 Å². The number of rotatable bonds is 4. The first-order valence-electron chi connectivity index (χ1n) is 7.23. The Morgan fingerprint density at radius 1 is 1.26 bits per heavy atom. The maximum absolute atomic E-state index is 6.39. The summed E-state index contributed by atoms with van der Waals surface area (Å²) >= 11 is 0. The van der Waals surface area contributed by atoms with Gasteiger partial charge in [-0.1, -0.05) is 12.1 Å². The second-order valence-corrected chi connectivity index (χ2v) is 5.72. The molecule has 2 rings (SSSR count). The van der Waals surface area contributed by atoms with Crippen LogP contribution in [-0.2, 0) is 0 Å². The Bertz CT molecular complexity index is 402. The van der Waals surface area contributed by atoms with Crippen molar-refractivity contribution in [1.29, 1.82) is 0 Å². The second kappa shape index (κ2) is 6.40. The zero-order valence-corrected chi connectivity index (χ0v) is 12.3. The molecule has 1 atom stereocenters. The van der Waals surface area contributed by atoms with Crippen LogP contribution in [0, 0.1) is 19.8 Å². The van der Waals surface area contributed by atoms with Crippen molar-refractivity contribution in [2.75, 3.05) is 20.2 Å². The highest BCUT2D eigenvalue weighted by Gasteiger charge is 2.18. The Morgan fingerprint density at radius 3 is 2.37 bits per heavy atom. The number of hydrogen-bond acceptors (Lipinski definition) is 3. The van der Waals surface area contributed by atoms with Gasteiger partial charge in [0.05, 0.1) is 7.11 Å². The minimum absolute atomic E-state index is 0.145. The number of ether oxygens (including phenoxy) is 1. The van der Waals surface area contributed by atoms with Gasteiger partial charge in [0.2, 0.25) is 0 Å². The summed E-state index contributed by atoms with van der Waals surface area (Å²) in [4.78, 5) is 0. The number of hydrogen-bond donors (Lipinski definition) is 2. The number of methoxy groups -OCH3 is 1. The summed E-state index contributed by atoms with van der Waals surface area (Å²) in [5, 5.41) is 3.40. The molecule has 1 aromatic rings. The van der Waals surface area contributed by atoms with Crippen LogP contribution >= 0.6 is 0 Å². The van der Waals surface area contributed by atoms with Crippen LogP contribution in [-0.4, -0.2) is 20.2 Å². The fraction of sp³-hybridized carbons (Fsp3) is 0.625. The van der Waals surface area contributed by atoms with Gasteiger partial charge in [0, 0.05) is 6.04 Å². The molecule has 1 aromatic carbocycles. The summed E-state index contributed by atoms with van der Waals surface area (Å²) in [6.07, 6.45) is 3.59. The molecular formula is C16H26N2O. The van der Waals surface area contributed by atoms with Crippen LogP contribution in [0.15, 0.2) is 12.1 Å². The highest BCUT2D eigenvalue weighted by atomic mass is 16.5. The topological polar surface area (TPSA) is 47.3 Å². The average molecular weight is 262 g/mol. The van der Waals surface area contributed by atoms with E-state index < -0.39 is 0 Å². The van der Waals surface area contributed by atoms with Gasteiger partial charge in [-0.25, -0.2) is 0 Å². The molecule has 0 aliphatic carbocycles. The predicted molar refractivity (Wildman–Crippen MR) is 79.6 cm³/mol. The van der Waals surface area contributed by atoms with Crippen molar-refractivity contribution in [1.82, 2.24) is 5.32 Å². The molecule has 106 valence electrons. The highest BCUT2D eigenvalue weighted by molar-refractivity contribution is 5.44. The van der Waals surface area contributed by atoms with E-state index >= 15 is 0 Å². The van der Waals surface area contributed by atoms with Gasteiger partial charge >= 0.3 is 0 Å². The number of benzene rings is 1. The summed E-state index contributed by atoms with van der Waals surface area (Å²) in [6.45, 7) is 6.45. The van der Waals surface area contributed by atoms with E-state index in [1.165, 1.54) is 29.5 Å². The van der Waals surface area contributed by atoms with Crippen LogP contribution in [0.4, 0.5) is 0 Å². The van der Waals surface area contributed by atoms with Gasteiger partial charge in [0.15, 0.2) is 0 Å². The van der Waals surface area contributed by atoms with Crippen LogP contribution in [0.5, 0.6) is 5.75 Å². The predicted octanol–water partition coefficient (Wildman–Crippen LogP) is 2.70. The SMILES string of the molecule is COc1c(C)cc(C(N)CC2CCNCC2)cc1C.